The third kappa shape index (κ3) is 25.6. The molecule has 38 heteroatoms. The molecule has 0 saturated heterocycles. The van der Waals surface area contributed by atoms with E-state index in [-0.39, 0.29) is 108 Å². The van der Waals surface area contributed by atoms with Crippen LogP contribution in [0.5, 0.6) is 0 Å². The number of nitrogens with zero attached hydrogens (tertiary/aromatic N) is 9. The van der Waals surface area contributed by atoms with Crippen molar-refractivity contribution in [3.63, 3.8) is 0 Å². The first kappa shape index (κ1) is 85.8. The third-order valence-electron chi connectivity index (χ3n) is 18.7. The zero-order valence-corrected chi connectivity index (χ0v) is 64.9. The van der Waals surface area contributed by atoms with Crippen LogP contribution in [0.15, 0.2) is 123 Å². The van der Waals surface area contributed by atoms with Gasteiger partial charge >= 0.3 is 11.9 Å². The fourth-order valence-electron chi connectivity index (χ4n) is 10.9. The standard InChI is InChI=1S/2C17H16N4O3S.C13H27N3O3Si.C10H7NO3.C7H11N3OS.C6H12N2O.C2H4O3/c2*22-9-15-19-20-17(25-15)11-6-12(7-11)18-16(23)13-8-14(24-21-13)10-4-2-1-3-5-10;1-13(2,3)20(4,5)19-8-11(17)15-16-12(18)9-6-10(14)7-9;12-10(13)8-6-9(14-11-8)7-4-2-1-3-5-7;8-5-1-4(2-5)7-10-9-6(3-11)12-7;1-4-2-5(3-4)6(9)8-7;3-1-2(4)5/h2*1-5,8,11-12,22H,6-7,9H2,(H,18,23);9-10H,6-8,14H2,1-5H3,(H,15,17)(H,16,18);1-6H,(H,12,13);4-5,11H,1-3,8H2;4-5H,2-3,7H2,1H3,(H,8,9);3H,1H2,(H,4,5). The predicted octanol–water partition coefficient (Wildman–Crippen LogP) is 6.98. The molecule has 0 aliphatic heterocycles. The van der Waals surface area contributed by atoms with Crippen molar-refractivity contribution in [3.8, 4) is 34.0 Å². The van der Waals surface area contributed by atoms with Crippen molar-refractivity contribution < 1.29 is 82.2 Å². The zero-order chi connectivity index (χ0) is 79.7. The summed E-state index contributed by atoms with van der Waals surface area (Å²) in [4.78, 5) is 78.2. The predicted molar refractivity (Wildman–Crippen MR) is 406 cm³/mol. The van der Waals surface area contributed by atoms with Gasteiger partial charge in [-0.25, -0.2) is 15.4 Å². The Morgan fingerprint density at radius 1 is 0.518 bits per heavy atom. The largest absolute Gasteiger partial charge is 0.480 e. The van der Waals surface area contributed by atoms with E-state index in [1.165, 1.54) is 40.1 Å². The van der Waals surface area contributed by atoms with Crippen molar-refractivity contribution >= 4 is 83.8 Å². The van der Waals surface area contributed by atoms with Gasteiger partial charge in [0.15, 0.2) is 42.7 Å². The van der Waals surface area contributed by atoms with E-state index in [0.29, 0.717) is 74.9 Å². The van der Waals surface area contributed by atoms with Crippen LogP contribution >= 0.6 is 34.0 Å². The van der Waals surface area contributed by atoms with Crippen molar-refractivity contribution in [2.75, 3.05) is 13.2 Å². The molecular weight excluding hydrogens is 1500 g/mol. The number of benzene rings is 3. The molecule has 14 rings (SSSR count). The number of aromatic carboxylic acids is 1. The highest BCUT2D eigenvalue weighted by Crippen LogP contribution is 2.41. The van der Waals surface area contributed by atoms with Gasteiger partial charge in [-0.3, -0.25) is 40.3 Å². The molecule has 5 amide bonds. The molecule has 6 aromatic heterocycles. The molecule has 590 valence electrons. The van der Waals surface area contributed by atoms with E-state index in [9.17, 15) is 28.8 Å². The summed E-state index contributed by atoms with van der Waals surface area (Å²) < 4.78 is 21.2. The summed E-state index contributed by atoms with van der Waals surface area (Å²) in [6, 6.07) is 33.6. The smallest absolute Gasteiger partial charge is 0.358 e. The lowest BCUT2D eigenvalue weighted by Crippen LogP contribution is -2.52. The molecule has 0 spiro atoms. The summed E-state index contributed by atoms with van der Waals surface area (Å²) in [7, 11) is -1.94. The molecule has 110 heavy (non-hydrogen) atoms. The number of hydrazine groups is 2. The Balaban J connectivity index is 0.000000169. The Bertz CT molecular complexity index is 4250. The van der Waals surface area contributed by atoms with Crippen molar-refractivity contribution in [3.05, 3.63) is 156 Å². The summed E-state index contributed by atoms with van der Waals surface area (Å²) in [5.74, 6) is 5.20. The normalized spacial score (nSPS) is 20.4. The lowest BCUT2D eigenvalue weighted by molar-refractivity contribution is -0.140. The van der Waals surface area contributed by atoms with Crippen molar-refractivity contribution in [2.45, 2.75) is 172 Å². The van der Waals surface area contributed by atoms with Crippen LogP contribution in [0.2, 0.25) is 18.1 Å². The number of aliphatic carboxylic acids is 1. The van der Waals surface area contributed by atoms with E-state index in [2.05, 4.69) is 114 Å². The van der Waals surface area contributed by atoms with Crippen LogP contribution in [0, 0.1) is 17.8 Å². The second-order valence-corrected chi connectivity index (χ2v) is 36.3. The number of hydrogen-bond acceptors (Lipinski definition) is 30. The summed E-state index contributed by atoms with van der Waals surface area (Å²) in [6.45, 7) is 11.7. The van der Waals surface area contributed by atoms with Crippen LogP contribution in [0.3, 0.4) is 0 Å². The number of rotatable bonds is 20. The number of carboxylic acids is 2. The molecule has 0 bridgehead atoms. The van der Waals surface area contributed by atoms with Gasteiger partial charge in [0.25, 0.3) is 17.7 Å². The van der Waals surface area contributed by atoms with E-state index in [1.54, 1.807) is 12.1 Å². The van der Waals surface area contributed by atoms with E-state index in [4.69, 9.17) is 70.7 Å². The maximum atomic E-state index is 12.3. The molecule has 17 N–H and O–H groups in total. The monoisotopic (exact) mass is 1590 g/mol. The minimum absolute atomic E-state index is 0.00353. The molecule has 5 aliphatic carbocycles. The highest BCUT2D eigenvalue weighted by Gasteiger charge is 2.39. The summed E-state index contributed by atoms with van der Waals surface area (Å²) >= 11 is 4.34. The Morgan fingerprint density at radius 3 is 1.18 bits per heavy atom. The Labute approximate surface area is 645 Å². The zero-order valence-electron chi connectivity index (χ0n) is 61.4. The molecule has 0 unspecified atom stereocenters. The van der Waals surface area contributed by atoms with Crippen molar-refractivity contribution in [1.82, 2.24) is 73.0 Å². The lowest BCUT2D eigenvalue weighted by Gasteiger charge is -2.35. The Hall–Kier alpha value is -9.84. The number of aliphatic hydroxyl groups excluding tert-OH is 4. The SMILES string of the molecule is CC(C)(C)[Si](C)(C)OCC(=O)NNC(=O)C1CC(N)C1.CC1CC(C(=O)NN)C1.NC1CC(c2nnc(CO)s2)C1.O=C(NC1CC(c2nnc(CO)s2)C1)c1cc(-c2ccccc2)on1.O=C(NC1CC(c2nnc(CO)s2)C1)c1cc(-c2ccccc2)on1.O=C(O)CO.O=C(O)c1cc(-c2ccccc2)on1. The molecule has 0 radical (unpaired) electrons. The molecule has 3 aromatic carbocycles. The fraction of sp³-hybridized carbons (Fsp3) is 0.444. The van der Waals surface area contributed by atoms with Crippen LogP contribution in [-0.4, -0.2) is 164 Å². The number of nitrogens with one attached hydrogen (secondary N) is 5. The van der Waals surface area contributed by atoms with Crippen molar-refractivity contribution in [2.24, 2.45) is 35.1 Å². The van der Waals surface area contributed by atoms with Crippen LogP contribution in [0.1, 0.15) is 171 Å². The van der Waals surface area contributed by atoms with Crippen LogP contribution in [0.4, 0.5) is 0 Å². The molecular formula is C72H93N17O17S3Si. The van der Waals surface area contributed by atoms with Gasteiger partial charge in [0, 0.05) is 88.6 Å². The van der Waals surface area contributed by atoms with E-state index in [0.717, 1.165) is 83.1 Å². The molecule has 6 heterocycles. The van der Waals surface area contributed by atoms with E-state index in [1.807, 2.05) is 91.0 Å². The third-order valence-corrected chi connectivity index (χ3v) is 26.4. The van der Waals surface area contributed by atoms with Gasteiger partial charge in [-0.05, 0) is 88.3 Å². The van der Waals surface area contributed by atoms with Gasteiger partial charge in [0.2, 0.25) is 11.8 Å². The first-order valence-corrected chi connectivity index (χ1v) is 40.7. The van der Waals surface area contributed by atoms with Gasteiger partial charge in [-0.15, -0.1) is 30.6 Å². The average Bonchev–Trinajstić information content (AvgIpc) is 1.36. The summed E-state index contributed by atoms with van der Waals surface area (Å²) in [5.41, 5.74) is 21.3. The van der Waals surface area contributed by atoms with Crippen LogP contribution < -0.4 is 44.2 Å². The fourth-order valence-corrected chi connectivity index (χ4v) is 14.4. The van der Waals surface area contributed by atoms with Gasteiger partial charge in [-0.1, -0.05) is 168 Å². The Kier molecular flexibility index (Phi) is 32.2. The van der Waals surface area contributed by atoms with E-state index >= 15 is 0 Å². The van der Waals surface area contributed by atoms with Crippen LogP contribution in [-0.2, 0) is 43.4 Å². The topological polar surface area (TPSA) is 544 Å². The second kappa shape index (κ2) is 41.3. The molecule has 5 aliphatic rings. The first-order chi connectivity index (χ1) is 52.5. The van der Waals surface area contributed by atoms with Gasteiger partial charge < -0.3 is 70.7 Å². The van der Waals surface area contributed by atoms with Gasteiger partial charge in [-0.2, -0.15) is 0 Å². The maximum Gasteiger partial charge on any atom is 0.358 e. The molecule has 5 saturated carbocycles. The quantitative estimate of drug-likeness (QED) is 0.0158. The molecule has 5 fully saturated rings. The number of carboxylic acid groups (broad SMARTS) is 2. The second-order valence-electron chi connectivity index (χ2n) is 28.2. The molecule has 9 aromatic rings. The molecule has 0 atom stereocenters. The summed E-state index contributed by atoms with van der Waals surface area (Å²) in [6.07, 6.45) is 8.66. The number of amides is 5. The van der Waals surface area contributed by atoms with Gasteiger partial charge in [0.05, 0.1) is 19.8 Å². The highest BCUT2D eigenvalue weighted by atomic mass is 32.1. The Morgan fingerprint density at radius 2 is 0.873 bits per heavy atom. The number of hydrogen-bond donors (Lipinski definition) is 14. The maximum absolute atomic E-state index is 12.3. The average molecular weight is 1590 g/mol. The molecule has 34 nitrogen and oxygen atoms in total. The van der Waals surface area contributed by atoms with Crippen molar-refractivity contribution in [1.29, 1.82) is 0 Å². The van der Waals surface area contributed by atoms with Crippen LogP contribution in [0.25, 0.3) is 34.0 Å². The number of aliphatic hydroxyl groups is 4. The lowest BCUT2D eigenvalue weighted by atomic mass is 9.76. The number of nitrogens with two attached hydrogens (primary N) is 3. The number of carbonyl (C=O) groups excluding carboxylic acids is 5. The first-order valence-electron chi connectivity index (χ1n) is 35.3. The highest BCUT2D eigenvalue weighted by molar-refractivity contribution is 7.11. The minimum atomic E-state index is -1.94. The van der Waals surface area contributed by atoms with E-state index < -0.39 is 26.9 Å². The minimum Gasteiger partial charge on any atom is -0.480 e. The van der Waals surface area contributed by atoms with Gasteiger partial charge in [0.1, 0.15) is 43.3 Å². The summed E-state index contributed by atoms with van der Waals surface area (Å²) in [5, 5.41) is 96.2. The number of carbonyl (C=O) groups is 7. The number of aromatic nitrogens is 9.